The zero-order valence-electron chi connectivity index (χ0n) is 10.8. The highest BCUT2D eigenvalue weighted by Gasteiger charge is 2.16. The largest absolute Gasteiger partial charge is 0.444 e. The van der Waals surface area contributed by atoms with Crippen molar-refractivity contribution in [3.8, 4) is 0 Å². The molecule has 0 aliphatic carbocycles. The molecule has 0 unspecified atom stereocenters. The summed E-state index contributed by atoms with van der Waals surface area (Å²) in [5.41, 5.74) is 0.399. The van der Waals surface area contributed by atoms with Crippen molar-refractivity contribution in [2.45, 2.75) is 26.4 Å². The van der Waals surface area contributed by atoms with E-state index in [9.17, 15) is 9.59 Å². The van der Waals surface area contributed by atoms with E-state index in [1.54, 1.807) is 26.8 Å². The third kappa shape index (κ3) is 5.30. The third-order valence-corrected chi connectivity index (χ3v) is 1.89. The molecule has 0 spiro atoms. The molecule has 0 aromatic heterocycles. The highest BCUT2D eigenvalue weighted by Crippen LogP contribution is 2.08. The van der Waals surface area contributed by atoms with Gasteiger partial charge in [-0.1, -0.05) is 30.3 Å². The molecule has 0 bridgehead atoms. The Balaban J connectivity index is 2.71. The molecule has 0 saturated heterocycles. The monoisotopic (exact) mass is 247 g/mol. The van der Waals surface area contributed by atoms with Gasteiger partial charge in [0.1, 0.15) is 5.60 Å². The van der Waals surface area contributed by atoms with Crippen LogP contribution in [0.2, 0.25) is 0 Å². The molecule has 0 saturated carbocycles. The molecule has 18 heavy (non-hydrogen) atoms. The number of alkyl carbamates (subject to hydrolysis) is 1. The Morgan fingerprint density at radius 1 is 1.22 bits per heavy atom. The van der Waals surface area contributed by atoms with Crippen molar-refractivity contribution in [3.05, 3.63) is 41.6 Å². The lowest BCUT2D eigenvalue weighted by atomic mass is 10.2. The summed E-state index contributed by atoms with van der Waals surface area (Å²) in [5, 5.41) is 2.40. The van der Waals surface area contributed by atoms with Gasteiger partial charge in [-0.15, -0.1) is 0 Å². The summed E-state index contributed by atoms with van der Waals surface area (Å²) in [6.07, 6.45) is 1.52. The molecule has 0 radical (unpaired) electrons. The van der Waals surface area contributed by atoms with Gasteiger partial charge in [0.25, 0.3) is 0 Å². The van der Waals surface area contributed by atoms with E-state index in [0.29, 0.717) is 6.29 Å². The van der Waals surface area contributed by atoms with Gasteiger partial charge in [-0.2, -0.15) is 0 Å². The van der Waals surface area contributed by atoms with E-state index in [1.165, 1.54) is 0 Å². The zero-order chi connectivity index (χ0) is 13.6. The normalized spacial score (nSPS) is 11.8. The fourth-order valence-electron chi connectivity index (χ4n) is 1.25. The summed E-state index contributed by atoms with van der Waals surface area (Å²) >= 11 is 0. The predicted octanol–water partition coefficient (Wildman–Crippen LogP) is 2.75. The Kier molecular flexibility index (Phi) is 4.66. The van der Waals surface area contributed by atoms with E-state index < -0.39 is 11.7 Å². The molecule has 0 aliphatic heterocycles. The SMILES string of the molecule is CC(C)(C)OC(=O)N/C(C=O)=C\c1ccccc1. The quantitative estimate of drug-likeness (QED) is 0.660. The summed E-state index contributed by atoms with van der Waals surface area (Å²) in [4.78, 5) is 22.4. The average Bonchev–Trinajstić information content (AvgIpc) is 2.27. The molecule has 0 fully saturated rings. The van der Waals surface area contributed by atoms with Crippen LogP contribution >= 0.6 is 0 Å². The van der Waals surface area contributed by atoms with Crippen LogP contribution in [-0.4, -0.2) is 18.0 Å². The molecule has 96 valence electrons. The Labute approximate surface area is 107 Å². The molecule has 0 aliphatic rings. The molecule has 1 aromatic rings. The average molecular weight is 247 g/mol. The van der Waals surface area contributed by atoms with Crippen LogP contribution in [0.5, 0.6) is 0 Å². The summed E-state index contributed by atoms with van der Waals surface area (Å²) in [6, 6.07) is 9.24. The van der Waals surface area contributed by atoms with E-state index in [2.05, 4.69) is 5.32 Å². The number of carbonyl (C=O) groups is 2. The number of benzene rings is 1. The second kappa shape index (κ2) is 6.00. The predicted molar refractivity (Wildman–Crippen MR) is 69.9 cm³/mol. The van der Waals surface area contributed by atoms with Crippen molar-refractivity contribution in [3.63, 3.8) is 0 Å². The molecule has 1 N–H and O–H groups in total. The van der Waals surface area contributed by atoms with Crippen LogP contribution in [0.3, 0.4) is 0 Å². The van der Waals surface area contributed by atoms with Gasteiger partial charge in [0.2, 0.25) is 0 Å². The molecule has 4 nitrogen and oxygen atoms in total. The lowest BCUT2D eigenvalue weighted by Gasteiger charge is -2.19. The number of nitrogens with one attached hydrogen (secondary N) is 1. The van der Waals surface area contributed by atoms with E-state index >= 15 is 0 Å². The lowest BCUT2D eigenvalue weighted by Crippen LogP contribution is -2.32. The molecular formula is C14H17NO3. The number of allylic oxidation sites excluding steroid dienone is 1. The van der Waals surface area contributed by atoms with Crippen molar-refractivity contribution in [2.24, 2.45) is 0 Å². The van der Waals surface area contributed by atoms with Crippen molar-refractivity contribution in [1.29, 1.82) is 0 Å². The first kappa shape index (κ1) is 14.0. The number of rotatable bonds is 3. The summed E-state index contributed by atoms with van der Waals surface area (Å²) in [6.45, 7) is 5.27. The van der Waals surface area contributed by atoms with Gasteiger partial charge in [0.15, 0.2) is 6.29 Å². The topological polar surface area (TPSA) is 55.4 Å². The van der Waals surface area contributed by atoms with Gasteiger partial charge < -0.3 is 4.74 Å². The van der Waals surface area contributed by atoms with Crippen molar-refractivity contribution < 1.29 is 14.3 Å². The summed E-state index contributed by atoms with van der Waals surface area (Å²) in [5.74, 6) is 0. The Morgan fingerprint density at radius 2 is 1.83 bits per heavy atom. The van der Waals surface area contributed by atoms with E-state index in [-0.39, 0.29) is 5.70 Å². The van der Waals surface area contributed by atoms with Gasteiger partial charge in [0.05, 0.1) is 5.70 Å². The number of hydrogen-bond donors (Lipinski definition) is 1. The summed E-state index contributed by atoms with van der Waals surface area (Å²) < 4.78 is 5.06. The van der Waals surface area contributed by atoms with Crippen LogP contribution in [0, 0.1) is 0 Å². The maximum Gasteiger partial charge on any atom is 0.412 e. The van der Waals surface area contributed by atoms with Crippen LogP contribution in [0.15, 0.2) is 36.0 Å². The lowest BCUT2D eigenvalue weighted by molar-refractivity contribution is -0.105. The fourth-order valence-corrected chi connectivity index (χ4v) is 1.25. The maximum absolute atomic E-state index is 11.5. The Morgan fingerprint density at radius 3 is 2.33 bits per heavy atom. The van der Waals surface area contributed by atoms with Gasteiger partial charge in [-0.3, -0.25) is 10.1 Å². The first-order chi connectivity index (χ1) is 8.40. The molecule has 4 heteroatoms. The minimum atomic E-state index is -0.642. The Bertz CT molecular complexity index is 444. The van der Waals surface area contributed by atoms with E-state index in [4.69, 9.17) is 4.74 Å². The first-order valence-corrected chi connectivity index (χ1v) is 5.62. The van der Waals surface area contributed by atoms with Crippen LogP contribution in [0.1, 0.15) is 26.3 Å². The van der Waals surface area contributed by atoms with Gasteiger partial charge in [-0.25, -0.2) is 4.79 Å². The van der Waals surface area contributed by atoms with Crippen LogP contribution in [-0.2, 0) is 9.53 Å². The number of aldehydes is 1. The number of amides is 1. The molecule has 1 aromatic carbocycles. The zero-order valence-corrected chi connectivity index (χ0v) is 10.8. The molecule has 1 amide bonds. The second-order valence-corrected chi connectivity index (χ2v) is 4.76. The number of hydrogen-bond acceptors (Lipinski definition) is 3. The maximum atomic E-state index is 11.5. The molecule has 0 atom stereocenters. The van der Waals surface area contributed by atoms with Crippen LogP contribution < -0.4 is 5.32 Å². The van der Waals surface area contributed by atoms with Gasteiger partial charge in [0, 0.05) is 0 Å². The van der Waals surface area contributed by atoms with Crippen LogP contribution in [0.25, 0.3) is 6.08 Å². The second-order valence-electron chi connectivity index (χ2n) is 4.76. The van der Waals surface area contributed by atoms with E-state index in [0.717, 1.165) is 5.56 Å². The summed E-state index contributed by atoms with van der Waals surface area (Å²) in [7, 11) is 0. The highest BCUT2D eigenvalue weighted by atomic mass is 16.6. The van der Waals surface area contributed by atoms with Crippen LogP contribution in [0.4, 0.5) is 4.79 Å². The molecule has 1 rings (SSSR count). The van der Waals surface area contributed by atoms with Crippen molar-refractivity contribution >= 4 is 18.5 Å². The fraction of sp³-hybridized carbons (Fsp3) is 0.286. The minimum absolute atomic E-state index is 0.162. The number of carbonyl (C=O) groups excluding carboxylic acids is 2. The first-order valence-electron chi connectivity index (χ1n) is 5.62. The Hall–Kier alpha value is -2.10. The van der Waals surface area contributed by atoms with Crippen molar-refractivity contribution in [2.75, 3.05) is 0 Å². The standard InChI is InChI=1S/C14H17NO3/c1-14(2,3)18-13(17)15-12(10-16)9-11-7-5-4-6-8-11/h4-10H,1-3H3,(H,15,17)/b12-9-. The number of ether oxygens (including phenoxy) is 1. The molecule has 0 heterocycles. The van der Waals surface area contributed by atoms with E-state index in [1.807, 2.05) is 30.3 Å². The smallest absolute Gasteiger partial charge is 0.412 e. The molecular weight excluding hydrogens is 230 g/mol. The third-order valence-electron chi connectivity index (χ3n) is 1.89. The van der Waals surface area contributed by atoms with Crippen molar-refractivity contribution in [1.82, 2.24) is 5.32 Å². The van der Waals surface area contributed by atoms with Gasteiger partial charge in [-0.05, 0) is 32.4 Å². The minimum Gasteiger partial charge on any atom is -0.444 e. The van der Waals surface area contributed by atoms with Gasteiger partial charge >= 0.3 is 6.09 Å². The highest BCUT2D eigenvalue weighted by molar-refractivity contribution is 5.87.